The molecule has 0 radical (unpaired) electrons. The van der Waals surface area contributed by atoms with Crippen molar-refractivity contribution < 1.29 is 9.53 Å². The number of hydrogen-bond donors (Lipinski definition) is 1. The first kappa shape index (κ1) is 16.0. The van der Waals surface area contributed by atoms with Gasteiger partial charge in [-0.25, -0.2) is 4.98 Å². The standard InChI is InChI=1S/C19H22N4O2/c24-18-19(7-10-23(14-19)12-16-5-1-3-8-20-16)15(11-22-18)13-25-17-6-2-4-9-21-17/h1-6,8-9,15H,7,10-14H2,(H,22,24)/t15-,19-/m1/s1. The van der Waals surface area contributed by atoms with Crippen LogP contribution in [0.1, 0.15) is 12.1 Å². The second kappa shape index (κ2) is 6.80. The maximum absolute atomic E-state index is 12.6. The molecule has 2 aromatic heterocycles. The van der Waals surface area contributed by atoms with Gasteiger partial charge in [0.15, 0.2) is 0 Å². The van der Waals surface area contributed by atoms with Gasteiger partial charge in [0.05, 0.1) is 17.7 Å². The Bertz CT molecular complexity index is 725. The van der Waals surface area contributed by atoms with Crippen LogP contribution < -0.4 is 10.1 Å². The largest absolute Gasteiger partial charge is 0.477 e. The van der Waals surface area contributed by atoms with Gasteiger partial charge in [-0.1, -0.05) is 12.1 Å². The molecule has 0 aliphatic carbocycles. The molecule has 25 heavy (non-hydrogen) atoms. The molecule has 2 saturated heterocycles. The van der Waals surface area contributed by atoms with E-state index in [1.807, 2.05) is 42.6 Å². The number of carbonyl (C=O) groups excluding carboxylic acids is 1. The highest BCUT2D eigenvalue weighted by Gasteiger charge is 2.54. The van der Waals surface area contributed by atoms with Crippen molar-refractivity contribution in [1.82, 2.24) is 20.2 Å². The highest BCUT2D eigenvalue weighted by atomic mass is 16.5. The molecule has 2 atom stereocenters. The molecule has 0 saturated carbocycles. The van der Waals surface area contributed by atoms with Crippen LogP contribution in [0.15, 0.2) is 48.8 Å². The molecule has 130 valence electrons. The Balaban J connectivity index is 1.42. The van der Waals surface area contributed by atoms with Crippen LogP contribution in [0.2, 0.25) is 0 Å². The van der Waals surface area contributed by atoms with E-state index in [1.165, 1.54) is 0 Å². The molecule has 2 fully saturated rings. The summed E-state index contributed by atoms with van der Waals surface area (Å²) in [5, 5.41) is 3.04. The fourth-order valence-electron chi connectivity index (χ4n) is 3.90. The summed E-state index contributed by atoms with van der Waals surface area (Å²) >= 11 is 0. The van der Waals surface area contributed by atoms with Gasteiger partial charge in [0.1, 0.15) is 0 Å². The number of ether oxygens (including phenoxy) is 1. The van der Waals surface area contributed by atoms with Gasteiger partial charge in [-0.05, 0) is 31.2 Å². The summed E-state index contributed by atoms with van der Waals surface area (Å²) in [6.07, 6.45) is 4.39. The average Bonchev–Trinajstić information content (AvgIpc) is 3.20. The highest BCUT2D eigenvalue weighted by Crippen LogP contribution is 2.42. The zero-order valence-corrected chi connectivity index (χ0v) is 14.1. The number of pyridine rings is 2. The molecule has 2 aromatic rings. The summed E-state index contributed by atoms with van der Waals surface area (Å²) < 4.78 is 5.84. The molecule has 0 unspecified atom stereocenters. The Kier molecular flexibility index (Phi) is 4.36. The summed E-state index contributed by atoms with van der Waals surface area (Å²) in [5.41, 5.74) is 0.683. The van der Waals surface area contributed by atoms with Crippen molar-refractivity contribution in [1.29, 1.82) is 0 Å². The second-order valence-corrected chi connectivity index (χ2v) is 6.82. The molecule has 1 amide bonds. The molecule has 1 N–H and O–H groups in total. The van der Waals surface area contributed by atoms with Crippen molar-refractivity contribution >= 4 is 5.91 Å². The number of nitrogens with zero attached hydrogens (tertiary/aromatic N) is 3. The van der Waals surface area contributed by atoms with Gasteiger partial charge >= 0.3 is 0 Å². The lowest BCUT2D eigenvalue weighted by Crippen LogP contribution is -2.40. The molecule has 0 bridgehead atoms. The van der Waals surface area contributed by atoms with Gasteiger partial charge in [0.25, 0.3) is 0 Å². The fraction of sp³-hybridized carbons (Fsp3) is 0.421. The first-order chi connectivity index (χ1) is 12.3. The van der Waals surface area contributed by atoms with E-state index in [9.17, 15) is 4.79 Å². The van der Waals surface area contributed by atoms with Gasteiger partial charge in [-0.2, -0.15) is 0 Å². The third-order valence-corrected chi connectivity index (χ3v) is 5.30. The molecular formula is C19H22N4O2. The van der Waals surface area contributed by atoms with Crippen molar-refractivity contribution in [2.24, 2.45) is 11.3 Å². The fourth-order valence-corrected chi connectivity index (χ4v) is 3.90. The Morgan fingerprint density at radius 1 is 1.20 bits per heavy atom. The number of rotatable bonds is 5. The number of amides is 1. The third-order valence-electron chi connectivity index (χ3n) is 5.30. The van der Waals surface area contributed by atoms with Crippen LogP contribution in [-0.2, 0) is 11.3 Å². The lowest BCUT2D eigenvalue weighted by Gasteiger charge is -2.28. The maximum Gasteiger partial charge on any atom is 0.228 e. The third kappa shape index (κ3) is 3.22. The van der Waals surface area contributed by atoms with E-state index in [0.717, 1.165) is 31.7 Å². The molecule has 2 aliphatic rings. The van der Waals surface area contributed by atoms with E-state index >= 15 is 0 Å². The summed E-state index contributed by atoms with van der Waals surface area (Å²) in [7, 11) is 0. The van der Waals surface area contributed by atoms with Crippen LogP contribution in [0.5, 0.6) is 5.88 Å². The number of carbonyl (C=O) groups is 1. The minimum Gasteiger partial charge on any atom is -0.477 e. The Hall–Kier alpha value is -2.47. The zero-order chi connectivity index (χ0) is 17.1. The van der Waals surface area contributed by atoms with E-state index < -0.39 is 0 Å². The first-order valence-electron chi connectivity index (χ1n) is 8.71. The summed E-state index contributed by atoms with van der Waals surface area (Å²) in [4.78, 5) is 23.5. The molecule has 6 nitrogen and oxygen atoms in total. The number of aromatic nitrogens is 2. The summed E-state index contributed by atoms with van der Waals surface area (Å²) in [5.74, 6) is 0.932. The van der Waals surface area contributed by atoms with Crippen molar-refractivity contribution in [3.8, 4) is 5.88 Å². The quantitative estimate of drug-likeness (QED) is 0.895. The minimum atomic E-state index is -0.358. The number of likely N-dealkylation sites (tertiary alicyclic amines) is 1. The zero-order valence-electron chi connectivity index (χ0n) is 14.1. The maximum atomic E-state index is 12.6. The molecule has 1 spiro atoms. The van der Waals surface area contributed by atoms with Crippen LogP contribution in [0, 0.1) is 11.3 Å². The summed E-state index contributed by atoms with van der Waals surface area (Å²) in [6, 6.07) is 11.6. The summed E-state index contributed by atoms with van der Waals surface area (Å²) in [6.45, 7) is 3.62. The number of nitrogens with one attached hydrogen (secondary N) is 1. The van der Waals surface area contributed by atoms with Crippen molar-refractivity contribution in [3.05, 3.63) is 54.5 Å². The van der Waals surface area contributed by atoms with Gasteiger partial charge in [0.2, 0.25) is 11.8 Å². The van der Waals surface area contributed by atoms with Crippen molar-refractivity contribution in [2.45, 2.75) is 13.0 Å². The lowest BCUT2D eigenvalue weighted by atomic mass is 9.77. The van der Waals surface area contributed by atoms with E-state index in [2.05, 4.69) is 20.2 Å². The van der Waals surface area contributed by atoms with Gasteiger partial charge < -0.3 is 10.1 Å². The first-order valence-corrected chi connectivity index (χ1v) is 8.71. The number of hydrogen-bond acceptors (Lipinski definition) is 5. The van der Waals surface area contributed by atoms with Gasteiger partial charge in [0, 0.05) is 44.0 Å². The van der Waals surface area contributed by atoms with Crippen molar-refractivity contribution in [3.63, 3.8) is 0 Å². The average molecular weight is 338 g/mol. The molecule has 0 aromatic carbocycles. The van der Waals surface area contributed by atoms with Gasteiger partial charge in [-0.3, -0.25) is 14.7 Å². The van der Waals surface area contributed by atoms with E-state index in [4.69, 9.17) is 4.74 Å². The van der Waals surface area contributed by atoms with Crippen LogP contribution in [0.3, 0.4) is 0 Å². The van der Waals surface area contributed by atoms with E-state index in [0.29, 0.717) is 19.0 Å². The molecular weight excluding hydrogens is 316 g/mol. The lowest BCUT2D eigenvalue weighted by molar-refractivity contribution is -0.128. The molecule has 4 heterocycles. The smallest absolute Gasteiger partial charge is 0.228 e. The monoisotopic (exact) mass is 338 g/mol. The Labute approximate surface area is 147 Å². The Morgan fingerprint density at radius 3 is 2.80 bits per heavy atom. The topological polar surface area (TPSA) is 67.3 Å². The predicted molar refractivity (Wildman–Crippen MR) is 92.8 cm³/mol. The predicted octanol–water partition coefficient (Wildman–Crippen LogP) is 1.49. The Morgan fingerprint density at radius 2 is 2.04 bits per heavy atom. The molecule has 4 rings (SSSR count). The molecule has 2 aliphatic heterocycles. The van der Waals surface area contributed by atoms with E-state index in [1.54, 1.807) is 6.20 Å². The normalized spacial score (nSPS) is 26.1. The highest BCUT2D eigenvalue weighted by molar-refractivity contribution is 5.86. The molecule has 6 heteroatoms. The van der Waals surface area contributed by atoms with Crippen LogP contribution in [-0.4, -0.2) is 47.0 Å². The van der Waals surface area contributed by atoms with Crippen molar-refractivity contribution in [2.75, 3.05) is 26.2 Å². The minimum absolute atomic E-state index is 0.158. The SMILES string of the molecule is O=C1NC[C@H](COc2ccccn2)[C@]12CCN(Cc1ccccn1)C2. The van der Waals surface area contributed by atoms with Crippen LogP contribution in [0.25, 0.3) is 0 Å². The van der Waals surface area contributed by atoms with Crippen LogP contribution in [0.4, 0.5) is 0 Å². The second-order valence-electron chi connectivity index (χ2n) is 6.82. The van der Waals surface area contributed by atoms with Crippen LogP contribution >= 0.6 is 0 Å². The van der Waals surface area contributed by atoms with Gasteiger partial charge in [-0.15, -0.1) is 0 Å². The van der Waals surface area contributed by atoms with E-state index in [-0.39, 0.29) is 17.2 Å².